The summed E-state index contributed by atoms with van der Waals surface area (Å²) >= 11 is 0. The Kier molecular flexibility index (Phi) is 7.86. The van der Waals surface area contributed by atoms with Crippen molar-refractivity contribution in [2.45, 2.75) is 25.7 Å². The van der Waals surface area contributed by atoms with Crippen LogP contribution in [-0.4, -0.2) is 87.5 Å². The van der Waals surface area contributed by atoms with Gasteiger partial charge in [-0.15, -0.1) is 0 Å². The lowest BCUT2D eigenvalue weighted by Gasteiger charge is -2.35. The third-order valence-corrected chi connectivity index (χ3v) is 6.70. The van der Waals surface area contributed by atoms with Crippen LogP contribution in [-0.2, 0) is 19.6 Å². The first-order chi connectivity index (χ1) is 13.7. The maximum Gasteiger partial charge on any atom is 0.409 e. The first kappa shape index (κ1) is 23.0. The monoisotopic (exact) mass is 427 g/mol. The van der Waals surface area contributed by atoms with Crippen LogP contribution in [0.15, 0.2) is 23.1 Å². The van der Waals surface area contributed by atoms with Crippen molar-refractivity contribution in [1.82, 2.24) is 14.1 Å². The third kappa shape index (κ3) is 5.39. The van der Waals surface area contributed by atoms with Gasteiger partial charge in [0.15, 0.2) is 0 Å². The van der Waals surface area contributed by atoms with Crippen LogP contribution in [0.25, 0.3) is 0 Å². The molecule has 0 atom stereocenters. The molecular weight excluding hydrogens is 398 g/mol. The number of piperazine rings is 1. The molecule has 0 saturated carbocycles. The molecule has 1 aromatic carbocycles. The van der Waals surface area contributed by atoms with Crippen LogP contribution in [0.1, 0.15) is 19.4 Å². The van der Waals surface area contributed by atoms with Crippen LogP contribution in [0, 0.1) is 6.92 Å². The SMILES string of the molecule is CCOC(=O)N1CCN(C(=O)CN(CC)S(=O)(=O)c2cc(C)ccc2OC)CC1. The molecule has 29 heavy (non-hydrogen) atoms. The number of amides is 2. The van der Waals surface area contributed by atoms with E-state index in [4.69, 9.17) is 9.47 Å². The number of nitrogens with zero attached hydrogens (tertiary/aromatic N) is 3. The van der Waals surface area contributed by atoms with Crippen molar-refractivity contribution in [3.63, 3.8) is 0 Å². The topological polar surface area (TPSA) is 96.5 Å². The zero-order valence-corrected chi connectivity index (χ0v) is 18.2. The smallest absolute Gasteiger partial charge is 0.409 e. The van der Waals surface area contributed by atoms with E-state index in [1.54, 1.807) is 48.8 Å². The first-order valence-electron chi connectivity index (χ1n) is 9.58. The van der Waals surface area contributed by atoms with Crippen LogP contribution >= 0.6 is 0 Å². The highest BCUT2D eigenvalue weighted by molar-refractivity contribution is 7.89. The number of rotatable bonds is 7. The Morgan fingerprint density at radius 3 is 2.28 bits per heavy atom. The molecule has 1 aliphatic rings. The summed E-state index contributed by atoms with van der Waals surface area (Å²) in [5.74, 6) is -0.0601. The summed E-state index contributed by atoms with van der Waals surface area (Å²) in [5.41, 5.74) is 0.779. The summed E-state index contributed by atoms with van der Waals surface area (Å²) in [6.07, 6.45) is -0.399. The number of likely N-dealkylation sites (N-methyl/N-ethyl adjacent to an activating group) is 1. The Balaban J connectivity index is 2.09. The lowest BCUT2D eigenvalue weighted by atomic mass is 10.2. The van der Waals surface area contributed by atoms with Crippen molar-refractivity contribution >= 4 is 22.0 Å². The Bertz CT molecular complexity index is 834. The molecule has 162 valence electrons. The number of carbonyl (C=O) groups excluding carboxylic acids is 2. The normalized spacial score (nSPS) is 14.8. The molecule has 0 bridgehead atoms. The largest absolute Gasteiger partial charge is 0.495 e. The quantitative estimate of drug-likeness (QED) is 0.651. The van der Waals surface area contributed by atoms with E-state index in [-0.39, 0.29) is 29.6 Å². The van der Waals surface area contributed by atoms with Crippen molar-refractivity contribution in [2.75, 3.05) is 53.0 Å². The first-order valence-corrected chi connectivity index (χ1v) is 11.0. The van der Waals surface area contributed by atoms with Crippen LogP contribution in [0.2, 0.25) is 0 Å². The van der Waals surface area contributed by atoms with Gasteiger partial charge in [-0.1, -0.05) is 13.0 Å². The van der Waals surface area contributed by atoms with Crippen molar-refractivity contribution in [2.24, 2.45) is 0 Å². The predicted octanol–water partition coefficient (Wildman–Crippen LogP) is 1.31. The molecule has 2 amide bonds. The highest BCUT2D eigenvalue weighted by atomic mass is 32.2. The van der Waals surface area contributed by atoms with Gasteiger partial charge in [0.2, 0.25) is 15.9 Å². The second-order valence-corrected chi connectivity index (χ2v) is 8.56. The Morgan fingerprint density at radius 1 is 1.10 bits per heavy atom. The second-order valence-electron chi connectivity index (χ2n) is 6.65. The highest BCUT2D eigenvalue weighted by Crippen LogP contribution is 2.27. The minimum atomic E-state index is -3.91. The van der Waals surface area contributed by atoms with Crippen LogP contribution in [0.5, 0.6) is 5.75 Å². The van der Waals surface area contributed by atoms with Crippen LogP contribution in [0.4, 0.5) is 4.79 Å². The molecule has 9 nitrogen and oxygen atoms in total. The van der Waals surface area contributed by atoms with Gasteiger partial charge in [-0.05, 0) is 31.5 Å². The average molecular weight is 428 g/mol. The second kappa shape index (κ2) is 9.93. The van der Waals surface area contributed by atoms with Crippen molar-refractivity contribution in [1.29, 1.82) is 0 Å². The molecule has 10 heteroatoms. The fourth-order valence-electron chi connectivity index (χ4n) is 3.10. The number of hydrogen-bond acceptors (Lipinski definition) is 6. The average Bonchev–Trinajstić information content (AvgIpc) is 2.71. The van der Waals surface area contributed by atoms with E-state index in [1.807, 2.05) is 0 Å². The summed E-state index contributed by atoms with van der Waals surface area (Å²) < 4.78 is 37.6. The molecule has 1 fully saturated rings. The maximum absolute atomic E-state index is 13.1. The maximum atomic E-state index is 13.1. The molecule has 1 heterocycles. The zero-order chi connectivity index (χ0) is 21.6. The van der Waals surface area contributed by atoms with Gasteiger partial charge < -0.3 is 19.3 Å². The van der Waals surface area contributed by atoms with E-state index in [0.717, 1.165) is 9.87 Å². The highest BCUT2D eigenvalue weighted by Gasteiger charge is 2.31. The van der Waals surface area contributed by atoms with Gasteiger partial charge in [-0.25, -0.2) is 13.2 Å². The molecule has 0 spiro atoms. The Hall–Kier alpha value is -2.33. The van der Waals surface area contributed by atoms with Gasteiger partial charge in [-0.2, -0.15) is 4.31 Å². The molecule has 0 radical (unpaired) electrons. The van der Waals surface area contributed by atoms with E-state index in [1.165, 1.54) is 7.11 Å². The molecule has 0 unspecified atom stereocenters. The van der Waals surface area contributed by atoms with Gasteiger partial charge >= 0.3 is 6.09 Å². The van der Waals surface area contributed by atoms with Gasteiger partial charge in [0, 0.05) is 32.7 Å². The van der Waals surface area contributed by atoms with Gasteiger partial charge in [0.25, 0.3) is 0 Å². The summed E-state index contributed by atoms with van der Waals surface area (Å²) in [7, 11) is -2.49. The van der Waals surface area contributed by atoms with Crippen molar-refractivity contribution in [3.8, 4) is 5.75 Å². The summed E-state index contributed by atoms with van der Waals surface area (Å²) in [4.78, 5) is 27.7. The summed E-state index contributed by atoms with van der Waals surface area (Å²) in [6.45, 7) is 6.78. The lowest BCUT2D eigenvalue weighted by Crippen LogP contribution is -2.53. The number of carbonyl (C=O) groups is 2. The van der Waals surface area contributed by atoms with Crippen molar-refractivity contribution in [3.05, 3.63) is 23.8 Å². The summed E-state index contributed by atoms with van der Waals surface area (Å²) in [5, 5.41) is 0. The number of benzene rings is 1. The van der Waals surface area contributed by atoms with E-state index < -0.39 is 16.1 Å². The Morgan fingerprint density at radius 2 is 1.72 bits per heavy atom. The standard InChI is InChI=1S/C19H29N3O6S/c1-5-22(29(25,26)17-13-15(3)7-8-16(17)27-4)14-18(23)20-9-11-21(12-10-20)19(24)28-6-2/h7-8,13H,5-6,9-12,14H2,1-4H3. The summed E-state index contributed by atoms with van der Waals surface area (Å²) in [6, 6.07) is 4.91. The van der Waals surface area contributed by atoms with Crippen LogP contribution in [0.3, 0.4) is 0 Å². The van der Waals surface area contributed by atoms with E-state index >= 15 is 0 Å². The third-order valence-electron chi connectivity index (χ3n) is 4.76. The van der Waals surface area contributed by atoms with E-state index in [9.17, 15) is 18.0 Å². The van der Waals surface area contributed by atoms with Gasteiger partial charge in [0.1, 0.15) is 10.6 Å². The molecule has 1 aromatic rings. The zero-order valence-electron chi connectivity index (χ0n) is 17.4. The minimum absolute atomic E-state index is 0.0433. The molecule has 0 N–H and O–H groups in total. The number of methoxy groups -OCH3 is 1. The van der Waals surface area contributed by atoms with E-state index in [2.05, 4.69) is 0 Å². The molecule has 0 aromatic heterocycles. The van der Waals surface area contributed by atoms with Gasteiger partial charge in [0.05, 0.1) is 20.3 Å². The minimum Gasteiger partial charge on any atom is -0.495 e. The molecule has 0 aliphatic carbocycles. The Labute approximate surface area is 172 Å². The van der Waals surface area contributed by atoms with Gasteiger partial charge in [-0.3, -0.25) is 4.79 Å². The number of hydrogen-bond donors (Lipinski definition) is 0. The number of ether oxygens (including phenoxy) is 2. The molecule has 1 saturated heterocycles. The molecule has 1 aliphatic heterocycles. The van der Waals surface area contributed by atoms with E-state index in [0.29, 0.717) is 32.8 Å². The fraction of sp³-hybridized carbons (Fsp3) is 0.579. The van der Waals surface area contributed by atoms with Crippen LogP contribution < -0.4 is 4.74 Å². The lowest BCUT2D eigenvalue weighted by molar-refractivity contribution is -0.133. The predicted molar refractivity (Wildman–Crippen MR) is 107 cm³/mol. The fourth-order valence-corrected chi connectivity index (χ4v) is 4.73. The number of sulfonamides is 1. The van der Waals surface area contributed by atoms with Crippen molar-refractivity contribution < 1.29 is 27.5 Å². The molecular formula is C19H29N3O6S. The molecule has 2 rings (SSSR count). The number of aryl methyl sites for hydroxylation is 1.